The summed E-state index contributed by atoms with van der Waals surface area (Å²) in [7, 11) is 1.11. The van der Waals surface area contributed by atoms with E-state index in [1.54, 1.807) is 12.1 Å². The van der Waals surface area contributed by atoms with Gasteiger partial charge >= 0.3 is 0 Å². The van der Waals surface area contributed by atoms with Crippen LogP contribution in [0.3, 0.4) is 0 Å². The van der Waals surface area contributed by atoms with Gasteiger partial charge in [0.25, 0.3) is 15.7 Å². The van der Waals surface area contributed by atoms with Crippen molar-refractivity contribution in [1.29, 1.82) is 0 Å². The van der Waals surface area contributed by atoms with Gasteiger partial charge in [-0.15, -0.1) is 0 Å². The lowest BCUT2D eigenvalue weighted by atomic mass is 10.1. The van der Waals surface area contributed by atoms with Gasteiger partial charge in [0, 0.05) is 32.3 Å². The predicted octanol–water partition coefficient (Wildman–Crippen LogP) is 2.63. The molecule has 2 rings (SSSR count). The number of furan rings is 1. The number of hydrogen-bond acceptors (Lipinski definition) is 6. The third-order valence-corrected chi connectivity index (χ3v) is 5.69. The second-order valence-corrected chi connectivity index (χ2v) is 8.03. The quantitative estimate of drug-likeness (QED) is 0.551. The van der Waals surface area contributed by atoms with Crippen LogP contribution < -0.4 is 0 Å². The molecule has 0 fully saturated rings. The summed E-state index contributed by atoms with van der Waals surface area (Å²) in [5.41, 5.74) is 0.833. The van der Waals surface area contributed by atoms with E-state index < -0.39 is 14.9 Å². The molecule has 1 aromatic heterocycles. The van der Waals surface area contributed by atoms with E-state index in [4.69, 9.17) is 4.42 Å². The van der Waals surface area contributed by atoms with Gasteiger partial charge in [-0.05, 0) is 31.7 Å². The van der Waals surface area contributed by atoms with Crippen LogP contribution in [0.25, 0.3) is 0 Å². The van der Waals surface area contributed by atoms with Crippen LogP contribution in [0.2, 0.25) is 0 Å². The van der Waals surface area contributed by atoms with Gasteiger partial charge in [-0.25, -0.2) is 12.7 Å². The fraction of sp³-hybridized carbons (Fsp3) is 0.375. The van der Waals surface area contributed by atoms with Gasteiger partial charge in [0.05, 0.1) is 11.5 Å². The Morgan fingerprint density at radius 2 is 1.88 bits per heavy atom. The van der Waals surface area contributed by atoms with Crippen LogP contribution in [0.1, 0.15) is 24.3 Å². The highest BCUT2D eigenvalue weighted by molar-refractivity contribution is 7.88. The minimum absolute atomic E-state index is 0.0371. The molecular formula is C16H21N3O5S. The molecule has 0 radical (unpaired) electrons. The summed E-state index contributed by atoms with van der Waals surface area (Å²) in [4.78, 5) is 12.4. The molecule has 0 aliphatic rings. The maximum Gasteiger partial charge on any atom is 0.275 e. The first-order valence-corrected chi connectivity index (χ1v) is 9.02. The number of sulfonamides is 1. The van der Waals surface area contributed by atoms with E-state index in [9.17, 15) is 18.5 Å². The van der Waals surface area contributed by atoms with Gasteiger partial charge in [-0.3, -0.25) is 15.0 Å². The molecule has 0 aliphatic heterocycles. The van der Waals surface area contributed by atoms with E-state index in [0.29, 0.717) is 12.3 Å². The standard InChI is InChI=1S/C16H21N3O5S/c1-12(13-6-5-7-14(10-13)19(20)21)18(4)11-15-8-9-16(24-15)25(22,23)17(2)3/h5-10,12H,11H2,1-4H3. The lowest BCUT2D eigenvalue weighted by molar-refractivity contribution is -0.384. The number of nitro groups is 1. The number of hydrogen-bond donors (Lipinski definition) is 0. The van der Waals surface area contributed by atoms with Gasteiger partial charge < -0.3 is 4.42 Å². The Morgan fingerprint density at radius 3 is 2.48 bits per heavy atom. The summed E-state index contributed by atoms with van der Waals surface area (Å²) in [5.74, 6) is 0.500. The van der Waals surface area contributed by atoms with E-state index >= 15 is 0 Å². The van der Waals surface area contributed by atoms with E-state index in [1.807, 2.05) is 24.9 Å². The summed E-state index contributed by atoms with van der Waals surface area (Å²) >= 11 is 0. The summed E-state index contributed by atoms with van der Waals surface area (Å²) in [6, 6.07) is 9.37. The first kappa shape index (κ1) is 19.1. The molecule has 2 aromatic rings. The first-order chi connectivity index (χ1) is 11.6. The van der Waals surface area contributed by atoms with Crippen molar-refractivity contribution < 1.29 is 17.8 Å². The predicted molar refractivity (Wildman–Crippen MR) is 92.6 cm³/mol. The lowest BCUT2D eigenvalue weighted by Gasteiger charge is -2.24. The highest BCUT2D eigenvalue weighted by Gasteiger charge is 2.22. The van der Waals surface area contributed by atoms with Crippen molar-refractivity contribution in [3.63, 3.8) is 0 Å². The molecule has 9 heteroatoms. The van der Waals surface area contributed by atoms with Crippen molar-refractivity contribution in [2.45, 2.75) is 24.6 Å². The first-order valence-electron chi connectivity index (χ1n) is 7.58. The Hall–Kier alpha value is -2.23. The lowest BCUT2D eigenvalue weighted by Crippen LogP contribution is -2.22. The number of rotatable bonds is 7. The van der Waals surface area contributed by atoms with Gasteiger partial charge in [-0.2, -0.15) is 0 Å². The molecular weight excluding hydrogens is 346 g/mol. The van der Waals surface area contributed by atoms with E-state index in [1.165, 1.54) is 32.3 Å². The molecule has 0 saturated heterocycles. The summed E-state index contributed by atoms with van der Waals surface area (Å²) in [5, 5.41) is 10.8. The fourth-order valence-electron chi connectivity index (χ4n) is 2.30. The topological polar surface area (TPSA) is 96.9 Å². The average Bonchev–Trinajstić information content (AvgIpc) is 3.03. The van der Waals surface area contributed by atoms with Crippen molar-refractivity contribution in [2.75, 3.05) is 21.1 Å². The van der Waals surface area contributed by atoms with E-state index in [-0.39, 0.29) is 16.8 Å². The number of benzene rings is 1. The molecule has 1 unspecified atom stereocenters. The smallest absolute Gasteiger partial charge is 0.275 e. The maximum atomic E-state index is 12.0. The van der Waals surface area contributed by atoms with Crippen LogP contribution in [0, 0.1) is 10.1 Å². The molecule has 1 aromatic carbocycles. The molecule has 8 nitrogen and oxygen atoms in total. The number of non-ortho nitro benzene ring substituents is 1. The summed E-state index contributed by atoms with van der Waals surface area (Å²) in [6.45, 7) is 2.28. The minimum atomic E-state index is -3.61. The minimum Gasteiger partial charge on any atom is -0.447 e. The van der Waals surface area contributed by atoms with E-state index in [0.717, 1.165) is 9.87 Å². The third-order valence-electron chi connectivity index (χ3n) is 4.00. The van der Waals surface area contributed by atoms with Crippen molar-refractivity contribution in [1.82, 2.24) is 9.21 Å². The van der Waals surface area contributed by atoms with Gasteiger partial charge in [0.2, 0.25) is 5.09 Å². The van der Waals surface area contributed by atoms with Crippen LogP contribution in [-0.2, 0) is 16.6 Å². The van der Waals surface area contributed by atoms with Gasteiger partial charge in [0.15, 0.2) is 0 Å². The zero-order valence-corrected chi connectivity index (χ0v) is 15.4. The second kappa shape index (κ2) is 7.34. The molecule has 0 bridgehead atoms. The molecule has 0 N–H and O–H groups in total. The van der Waals surface area contributed by atoms with Crippen LogP contribution in [0.4, 0.5) is 5.69 Å². The Labute approximate surface area is 146 Å². The van der Waals surface area contributed by atoms with Gasteiger partial charge in [-0.1, -0.05) is 12.1 Å². The zero-order valence-electron chi connectivity index (χ0n) is 14.5. The molecule has 25 heavy (non-hydrogen) atoms. The van der Waals surface area contributed by atoms with Crippen LogP contribution >= 0.6 is 0 Å². The fourth-order valence-corrected chi connectivity index (χ4v) is 3.11. The Kier molecular flexibility index (Phi) is 5.61. The van der Waals surface area contributed by atoms with Crippen molar-refractivity contribution in [3.8, 4) is 0 Å². The van der Waals surface area contributed by atoms with Crippen LogP contribution in [-0.4, -0.2) is 43.7 Å². The van der Waals surface area contributed by atoms with Crippen LogP contribution in [0.15, 0.2) is 45.9 Å². The Bertz CT molecular complexity index is 860. The average molecular weight is 367 g/mol. The molecule has 136 valence electrons. The molecule has 0 spiro atoms. The highest BCUT2D eigenvalue weighted by atomic mass is 32.2. The second-order valence-electron chi connectivity index (χ2n) is 5.95. The van der Waals surface area contributed by atoms with Crippen molar-refractivity contribution in [3.05, 3.63) is 57.8 Å². The molecule has 0 saturated carbocycles. The van der Waals surface area contributed by atoms with E-state index in [2.05, 4.69) is 0 Å². The third kappa shape index (κ3) is 4.25. The molecule has 1 heterocycles. The van der Waals surface area contributed by atoms with Crippen molar-refractivity contribution >= 4 is 15.7 Å². The number of nitro benzene ring substituents is 1. The number of nitrogens with zero attached hydrogens (tertiary/aromatic N) is 3. The molecule has 1 atom stereocenters. The van der Waals surface area contributed by atoms with Gasteiger partial charge in [0.1, 0.15) is 5.76 Å². The largest absolute Gasteiger partial charge is 0.447 e. The Morgan fingerprint density at radius 1 is 1.20 bits per heavy atom. The monoisotopic (exact) mass is 367 g/mol. The van der Waals surface area contributed by atoms with Crippen molar-refractivity contribution in [2.24, 2.45) is 0 Å². The zero-order chi connectivity index (χ0) is 18.8. The molecule has 0 amide bonds. The Balaban J connectivity index is 2.14. The normalized spacial score (nSPS) is 13.4. The van der Waals surface area contributed by atoms with Crippen LogP contribution in [0.5, 0.6) is 0 Å². The highest BCUT2D eigenvalue weighted by Crippen LogP contribution is 2.25. The maximum absolute atomic E-state index is 12.0. The SMILES string of the molecule is CC(c1cccc([N+](=O)[O-])c1)N(C)Cc1ccc(S(=O)(=O)N(C)C)o1. The summed E-state index contributed by atoms with van der Waals surface area (Å²) in [6.07, 6.45) is 0. The molecule has 0 aliphatic carbocycles. The summed E-state index contributed by atoms with van der Waals surface area (Å²) < 4.78 is 30.6.